The molecule has 0 aliphatic carbocycles. The van der Waals surface area contributed by atoms with Gasteiger partial charge in [0.05, 0.1) is 6.04 Å². The summed E-state index contributed by atoms with van der Waals surface area (Å²) in [5.41, 5.74) is 1.06. The lowest BCUT2D eigenvalue weighted by molar-refractivity contribution is -0.142. The number of thiazole rings is 1. The SMILES string of the molecule is Cc1csc([C@@H]2CCCCN2C(=O)C2CCOCC2)n1. The molecule has 110 valence electrons. The molecule has 3 rings (SSSR count). The van der Waals surface area contributed by atoms with Crippen LogP contribution in [0.3, 0.4) is 0 Å². The predicted octanol–water partition coefficient (Wildman–Crippen LogP) is 2.93. The van der Waals surface area contributed by atoms with Crippen molar-refractivity contribution in [1.29, 1.82) is 0 Å². The van der Waals surface area contributed by atoms with E-state index < -0.39 is 0 Å². The summed E-state index contributed by atoms with van der Waals surface area (Å²) in [6.07, 6.45) is 5.12. The number of aryl methyl sites for hydroxylation is 1. The summed E-state index contributed by atoms with van der Waals surface area (Å²) in [5, 5.41) is 3.20. The largest absolute Gasteiger partial charge is 0.381 e. The molecule has 0 N–H and O–H groups in total. The van der Waals surface area contributed by atoms with Crippen molar-refractivity contribution in [3.8, 4) is 0 Å². The zero-order chi connectivity index (χ0) is 13.9. The van der Waals surface area contributed by atoms with Gasteiger partial charge in [0.1, 0.15) is 5.01 Å². The molecule has 0 unspecified atom stereocenters. The van der Waals surface area contributed by atoms with Gasteiger partial charge in [0.15, 0.2) is 0 Å². The molecule has 5 heteroatoms. The van der Waals surface area contributed by atoms with Crippen molar-refractivity contribution >= 4 is 17.2 Å². The number of piperidine rings is 1. The normalized spacial score (nSPS) is 24.9. The van der Waals surface area contributed by atoms with E-state index in [0.29, 0.717) is 5.91 Å². The number of nitrogens with zero attached hydrogens (tertiary/aromatic N) is 2. The van der Waals surface area contributed by atoms with Gasteiger partial charge in [-0.3, -0.25) is 4.79 Å². The quantitative estimate of drug-likeness (QED) is 0.842. The lowest BCUT2D eigenvalue weighted by Gasteiger charge is -2.37. The number of ether oxygens (including phenoxy) is 1. The van der Waals surface area contributed by atoms with Gasteiger partial charge >= 0.3 is 0 Å². The number of hydrogen-bond acceptors (Lipinski definition) is 4. The summed E-state index contributed by atoms with van der Waals surface area (Å²) < 4.78 is 5.37. The molecule has 0 radical (unpaired) electrons. The number of carbonyl (C=O) groups excluding carboxylic acids is 1. The van der Waals surface area contributed by atoms with Crippen molar-refractivity contribution in [2.45, 2.75) is 45.1 Å². The summed E-state index contributed by atoms with van der Waals surface area (Å²) in [6, 6.07) is 0.206. The maximum absolute atomic E-state index is 12.8. The van der Waals surface area contributed by atoms with Gasteiger partial charge in [-0.25, -0.2) is 4.98 Å². The first-order chi connectivity index (χ1) is 9.75. The molecule has 3 heterocycles. The molecule has 0 bridgehead atoms. The van der Waals surface area contributed by atoms with E-state index in [4.69, 9.17) is 4.74 Å². The lowest BCUT2D eigenvalue weighted by Crippen LogP contribution is -2.43. The van der Waals surface area contributed by atoms with Crippen LogP contribution >= 0.6 is 11.3 Å². The molecule has 1 atom stereocenters. The fraction of sp³-hybridized carbons (Fsp3) is 0.733. The standard InChI is InChI=1S/C15H22N2O2S/c1-11-10-20-14(16-11)13-4-2-3-7-17(13)15(18)12-5-8-19-9-6-12/h10,12-13H,2-9H2,1H3/t13-/m0/s1. The van der Waals surface area contributed by atoms with E-state index in [1.54, 1.807) is 11.3 Å². The Labute approximate surface area is 124 Å². The molecule has 2 fully saturated rings. The smallest absolute Gasteiger partial charge is 0.226 e. The van der Waals surface area contributed by atoms with Gasteiger partial charge in [0.2, 0.25) is 5.91 Å². The van der Waals surface area contributed by atoms with Crippen LogP contribution in [0.1, 0.15) is 48.8 Å². The summed E-state index contributed by atoms with van der Waals surface area (Å²) in [7, 11) is 0. The Hall–Kier alpha value is -0.940. The monoisotopic (exact) mass is 294 g/mol. The molecule has 0 saturated carbocycles. The van der Waals surface area contributed by atoms with Crippen LogP contribution in [0, 0.1) is 12.8 Å². The Kier molecular flexibility index (Phi) is 4.36. The summed E-state index contributed by atoms with van der Waals surface area (Å²) >= 11 is 1.69. The second-order valence-electron chi connectivity index (χ2n) is 5.76. The average molecular weight is 294 g/mol. The van der Waals surface area contributed by atoms with Gasteiger partial charge in [-0.2, -0.15) is 0 Å². The third-order valence-electron chi connectivity index (χ3n) is 4.28. The minimum Gasteiger partial charge on any atom is -0.381 e. The predicted molar refractivity (Wildman–Crippen MR) is 78.7 cm³/mol. The number of rotatable bonds is 2. The molecule has 0 aromatic carbocycles. The minimum atomic E-state index is 0.158. The van der Waals surface area contributed by atoms with E-state index in [1.165, 1.54) is 6.42 Å². The highest BCUT2D eigenvalue weighted by atomic mass is 32.1. The van der Waals surface area contributed by atoms with Crippen LogP contribution in [0.5, 0.6) is 0 Å². The molecule has 0 spiro atoms. The average Bonchev–Trinajstić information content (AvgIpc) is 2.94. The van der Waals surface area contributed by atoms with Gasteiger partial charge in [-0.05, 0) is 39.0 Å². The highest BCUT2D eigenvalue weighted by molar-refractivity contribution is 7.09. The van der Waals surface area contributed by atoms with Crippen LogP contribution in [0.25, 0.3) is 0 Å². The number of hydrogen-bond donors (Lipinski definition) is 0. The van der Waals surface area contributed by atoms with Crippen molar-refractivity contribution in [2.24, 2.45) is 5.92 Å². The van der Waals surface area contributed by atoms with Gasteiger partial charge < -0.3 is 9.64 Å². The Morgan fingerprint density at radius 3 is 2.85 bits per heavy atom. The Morgan fingerprint density at radius 2 is 2.15 bits per heavy atom. The zero-order valence-electron chi connectivity index (χ0n) is 12.0. The highest BCUT2D eigenvalue weighted by Crippen LogP contribution is 2.34. The van der Waals surface area contributed by atoms with E-state index in [0.717, 1.165) is 56.1 Å². The molecule has 2 saturated heterocycles. The summed E-state index contributed by atoms with van der Waals surface area (Å²) in [5.74, 6) is 0.483. The van der Waals surface area contributed by atoms with E-state index in [2.05, 4.69) is 15.3 Å². The van der Waals surface area contributed by atoms with Crippen molar-refractivity contribution < 1.29 is 9.53 Å². The van der Waals surface area contributed by atoms with E-state index >= 15 is 0 Å². The zero-order valence-corrected chi connectivity index (χ0v) is 12.8. The first-order valence-corrected chi connectivity index (χ1v) is 8.44. The molecule has 20 heavy (non-hydrogen) atoms. The first kappa shape index (κ1) is 14.0. The second-order valence-corrected chi connectivity index (χ2v) is 6.65. The van der Waals surface area contributed by atoms with Gasteiger partial charge in [-0.15, -0.1) is 11.3 Å². The third-order valence-corrected chi connectivity index (χ3v) is 5.34. The maximum Gasteiger partial charge on any atom is 0.226 e. The van der Waals surface area contributed by atoms with Crippen molar-refractivity contribution in [1.82, 2.24) is 9.88 Å². The van der Waals surface area contributed by atoms with E-state index in [-0.39, 0.29) is 12.0 Å². The maximum atomic E-state index is 12.8. The van der Waals surface area contributed by atoms with Crippen LogP contribution < -0.4 is 0 Å². The number of amides is 1. The Balaban J connectivity index is 1.76. The number of aromatic nitrogens is 1. The molecular formula is C15H22N2O2S. The van der Waals surface area contributed by atoms with Crippen molar-refractivity contribution in [3.63, 3.8) is 0 Å². The number of likely N-dealkylation sites (tertiary alicyclic amines) is 1. The van der Waals surface area contributed by atoms with Crippen LogP contribution in [0.15, 0.2) is 5.38 Å². The van der Waals surface area contributed by atoms with Crippen LogP contribution in [-0.2, 0) is 9.53 Å². The fourth-order valence-corrected chi connectivity index (χ4v) is 4.10. The molecule has 1 aromatic rings. The van der Waals surface area contributed by atoms with E-state index in [1.807, 2.05) is 6.92 Å². The molecule has 2 aliphatic heterocycles. The summed E-state index contributed by atoms with van der Waals surface area (Å²) in [4.78, 5) is 19.5. The molecule has 1 aromatic heterocycles. The first-order valence-electron chi connectivity index (χ1n) is 7.56. The minimum absolute atomic E-state index is 0.158. The van der Waals surface area contributed by atoms with Gasteiger partial charge in [0.25, 0.3) is 0 Å². The van der Waals surface area contributed by atoms with Crippen LogP contribution in [0.2, 0.25) is 0 Å². The topological polar surface area (TPSA) is 42.4 Å². The van der Waals surface area contributed by atoms with E-state index in [9.17, 15) is 4.79 Å². The highest BCUT2D eigenvalue weighted by Gasteiger charge is 2.34. The van der Waals surface area contributed by atoms with Gasteiger partial charge in [0, 0.05) is 36.8 Å². The molecule has 1 amide bonds. The third kappa shape index (κ3) is 2.88. The van der Waals surface area contributed by atoms with Crippen LogP contribution in [-0.4, -0.2) is 35.5 Å². The van der Waals surface area contributed by atoms with Crippen LogP contribution in [0.4, 0.5) is 0 Å². The van der Waals surface area contributed by atoms with Gasteiger partial charge in [-0.1, -0.05) is 0 Å². The lowest BCUT2D eigenvalue weighted by atomic mass is 9.95. The molecule has 2 aliphatic rings. The Morgan fingerprint density at radius 1 is 1.35 bits per heavy atom. The van der Waals surface area contributed by atoms with Crippen molar-refractivity contribution in [3.05, 3.63) is 16.1 Å². The fourth-order valence-electron chi connectivity index (χ4n) is 3.16. The molecular weight excluding hydrogens is 272 g/mol. The van der Waals surface area contributed by atoms with Crippen molar-refractivity contribution in [2.75, 3.05) is 19.8 Å². The molecule has 4 nitrogen and oxygen atoms in total. The Bertz CT molecular complexity index is 468. The number of carbonyl (C=O) groups is 1. The second kappa shape index (κ2) is 6.22. The summed E-state index contributed by atoms with van der Waals surface area (Å²) in [6.45, 7) is 4.36.